The molecule has 1 aromatic carbocycles. The highest BCUT2D eigenvalue weighted by atomic mass is 32.1. The summed E-state index contributed by atoms with van der Waals surface area (Å²) >= 11 is 3.09. The van der Waals surface area contributed by atoms with E-state index in [-0.39, 0.29) is 11.8 Å². The number of nitrogens with zero attached hydrogens (tertiary/aromatic N) is 3. The molecule has 0 unspecified atom stereocenters. The summed E-state index contributed by atoms with van der Waals surface area (Å²) < 4.78 is 0. The number of piperazine rings is 1. The van der Waals surface area contributed by atoms with Crippen LogP contribution in [0.15, 0.2) is 35.0 Å². The largest absolute Gasteiger partial charge is 0.335 e. The van der Waals surface area contributed by atoms with E-state index >= 15 is 0 Å². The number of hydrogen-bond acceptors (Lipinski definition) is 6. The Labute approximate surface area is 190 Å². The van der Waals surface area contributed by atoms with E-state index in [1.807, 2.05) is 55.3 Å². The molecule has 3 aromatic rings. The molecule has 8 heteroatoms. The number of carbonyl (C=O) groups excluding carboxylic acids is 2. The van der Waals surface area contributed by atoms with Crippen molar-refractivity contribution in [2.75, 3.05) is 38.0 Å². The first-order valence-electron chi connectivity index (χ1n) is 10.3. The van der Waals surface area contributed by atoms with Crippen LogP contribution < -0.4 is 5.32 Å². The molecular weight excluding hydrogens is 428 g/mol. The summed E-state index contributed by atoms with van der Waals surface area (Å²) in [5, 5.41) is 8.00. The van der Waals surface area contributed by atoms with Crippen molar-refractivity contribution in [2.24, 2.45) is 0 Å². The van der Waals surface area contributed by atoms with Crippen LogP contribution >= 0.6 is 22.7 Å². The van der Waals surface area contributed by atoms with Crippen molar-refractivity contribution in [1.29, 1.82) is 0 Å². The minimum absolute atomic E-state index is 0.0177. The van der Waals surface area contributed by atoms with Crippen LogP contribution in [0.1, 0.15) is 26.5 Å². The number of thiazole rings is 1. The fraction of sp³-hybridized carbons (Fsp3) is 0.348. The lowest BCUT2D eigenvalue weighted by molar-refractivity contribution is -0.117. The molecule has 0 aliphatic carbocycles. The summed E-state index contributed by atoms with van der Waals surface area (Å²) in [4.78, 5) is 34.9. The van der Waals surface area contributed by atoms with Crippen molar-refractivity contribution >= 4 is 40.2 Å². The predicted molar refractivity (Wildman–Crippen MR) is 127 cm³/mol. The van der Waals surface area contributed by atoms with Crippen LogP contribution in [0.4, 0.5) is 5.69 Å². The Morgan fingerprint density at radius 1 is 1.06 bits per heavy atom. The summed E-state index contributed by atoms with van der Waals surface area (Å²) in [5.41, 5.74) is 4.86. The standard InChI is InChI=1S/C23H26N4O2S2/c1-15-5-4-6-16(2)20(15)25-19(28)13-26-8-10-27(11-9-26)23(29)21-17(3)24-22(31-21)18-7-12-30-14-18/h4-7,12,14H,8-11,13H2,1-3H3,(H,25,28). The molecule has 162 valence electrons. The van der Waals surface area contributed by atoms with Gasteiger partial charge in [0.25, 0.3) is 5.91 Å². The lowest BCUT2D eigenvalue weighted by Gasteiger charge is -2.34. The Bertz CT molecular complexity index is 1060. The van der Waals surface area contributed by atoms with Gasteiger partial charge in [0.15, 0.2) is 0 Å². The van der Waals surface area contributed by atoms with Gasteiger partial charge in [0.1, 0.15) is 9.88 Å². The number of aromatic nitrogens is 1. The number of rotatable bonds is 5. The third-order valence-corrected chi connectivity index (χ3v) is 7.41. The Balaban J connectivity index is 1.32. The molecule has 1 aliphatic rings. The van der Waals surface area contributed by atoms with Gasteiger partial charge in [-0.1, -0.05) is 18.2 Å². The fourth-order valence-corrected chi connectivity index (χ4v) is 5.50. The van der Waals surface area contributed by atoms with Gasteiger partial charge in [-0.25, -0.2) is 4.98 Å². The smallest absolute Gasteiger partial charge is 0.265 e. The van der Waals surface area contributed by atoms with E-state index in [4.69, 9.17) is 0 Å². The number of thiophene rings is 1. The maximum absolute atomic E-state index is 13.0. The minimum Gasteiger partial charge on any atom is -0.335 e. The van der Waals surface area contributed by atoms with E-state index in [1.165, 1.54) is 11.3 Å². The number of carbonyl (C=O) groups is 2. The molecular formula is C23H26N4O2S2. The molecule has 2 amide bonds. The summed E-state index contributed by atoms with van der Waals surface area (Å²) in [6.45, 7) is 8.81. The molecule has 0 saturated carbocycles. The van der Waals surface area contributed by atoms with Crippen molar-refractivity contribution < 1.29 is 9.59 Å². The summed E-state index contributed by atoms with van der Waals surface area (Å²) in [7, 11) is 0. The third-order valence-electron chi connectivity index (χ3n) is 5.53. The van der Waals surface area contributed by atoms with Crippen LogP contribution in [0.5, 0.6) is 0 Å². The summed E-state index contributed by atoms with van der Waals surface area (Å²) in [5.74, 6) is 0.0204. The van der Waals surface area contributed by atoms with Gasteiger partial charge in [0.2, 0.25) is 5.91 Å². The van der Waals surface area contributed by atoms with Crippen molar-refractivity contribution in [1.82, 2.24) is 14.8 Å². The van der Waals surface area contributed by atoms with Gasteiger partial charge in [-0.2, -0.15) is 11.3 Å². The molecule has 31 heavy (non-hydrogen) atoms. The van der Waals surface area contributed by atoms with E-state index < -0.39 is 0 Å². The van der Waals surface area contributed by atoms with Gasteiger partial charge >= 0.3 is 0 Å². The molecule has 0 radical (unpaired) electrons. The topological polar surface area (TPSA) is 65.5 Å². The van der Waals surface area contributed by atoms with Gasteiger partial charge in [0, 0.05) is 42.8 Å². The van der Waals surface area contributed by atoms with Crippen LogP contribution in [0.3, 0.4) is 0 Å². The van der Waals surface area contributed by atoms with E-state index in [2.05, 4.69) is 20.6 Å². The average molecular weight is 455 g/mol. The Kier molecular flexibility index (Phi) is 6.50. The fourth-order valence-electron chi connectivity index (χ4n) is 3.75. The highest BCUT2D eigenvalue weighted by Crippen LogP contribution is 2.30. The van der Waals surface area contributed by atoms with Crippen LogP contribution in [0.25, 0.3) is 10.6 Å². The zero-order valence-electron chi connectivity index (χ0n) is 18.0. The average Bonchev–Trinajstić information content (AvgIpc) is 3.41. The van der Waals surface area contributed by atoms with Crippen LogP contribution in [0.2, 0.25) is 0 Å². The molecule has 1 N–H and O–H groups in total. The van der Waals surface area contributed by atoms with E-state index in [9.17, 15) is 9.59 Å². The van der Waals surface area contributed by atoms with Crippen LogP contribution in [0, 0.1) is 20.8 Å². The highest BCUT2D eigenvalue weighted by Gasteiger charge is 2.26. The Hall–Kier alpha value is -2.55. The number of anilines is 1. The number of benzene rings is 1. The molecule has 1 fully saturated rings. The molecule has 2 aromatic heterocycles. The normalized spacial score (nSPS) is 14.6. The van der Waals surface area contributed by atoms with E-state index in [1.54, 1.807) is 11.3 Å². The first-order chi connectivity index (χ1) is 14.9. The van der Waals surface area contributed by atoms with Gasteiger partial charge in [-0.05, 0) is 43.3 Å². The van der Waals surface area contributed by atoms with Gasteiger partial charge in [-0.3, -0.25) is 14.5 Å². The molecule has 3 heterocycles. The maximum atomic E-state index is 13.0. The van der Waals surface area contributed by atoms with Crippen LogP contribution in [-0.2, 0) is 4.79 Å². The summed E-state index contributed by atoms with van der Waals surface area (Å²) in [6, 6.07) is 8.01. The number of amides is 2. The van der Waals surface area contributed by atoms with E-state index in [0.717, 1.165) is 33.1 Å². The van der Waals surface area contributed by atoms with Gasteiger partial charge < -0.3 is 10.2 Å². The molecule has 0 spiro atoms. The van der Waals surface area contributed by atoms with Crippen molar-refractivity contribution in [2.45, 2.75) is 20.8 Å². The molecule has 1 saturated heterocycles. The molecule has 0 atom stereocenters. The number of aryl methyl sites for hydroxylation is 3. The molecule has 1 aliphatic heterocycles. The second kappa shape index (κ2) is 9.30. The molecule has 4 rings (SSSR count). The van der Waals surface area contributed by atoms with Gasteiger partial charge in [-0.15, -0.1) is 11.3 Å². The number of hydrogen-bond donors (Lipinski definition) is 1. The van der Waals surface area contributed by atoms with Crippen molar-refractivity contribution in [3.05, 3.63) is 56.7 Å². The number of nitrogens with one attached hydrogen (secondary N) is 1. The van der Waals surface area contributed by atoms with E-state index in [0.29, 0.717) is 37.6 Å². The monoisotopic (exact) mass is 454 g/mol. The van der Waals surface area contributed by atoms with Crippen LogP contribution in [-0.4, -0.2) is 59.3 Å². The first-order valence-corrected chi connectivity index (χ1v) is 12.1. The SMILES string of the molecule is Cc1cccc(C)c1NC(=O)CN1CCN(C(=O)c2sc(-c3ccsc3)nc2C)CC1. The molecule has 6 nitrogen and oxygen atoms in total. The third kappa shape index (κ3) is 4.87. The Morgan fingerprint density at radius 3 is 2.42 bits per heavy atom. The Morgan fingerprint density at radius 2 is 1.77 bits per heavy atom. The number of para-hydroxylation sites is 1. The predicted octanol–water partition coefficient (Wildman–Crippen LogP) is 4.19. The lowest BCUT2D eigenvalue weighted by Crippen LogP contribution is -2.50. The maximum Gasteiger partial charge on any atom is 0.265 e. The van der Waals surface area contributed by atoms with Gasteiger partial charge in [0.05, 0.1) is 12.2 Å². The minimum atomic E-state index is -0.0177. The molecule has 0 bridgehead atoms. The first kappa shape index (κ1) is 21.7. The zero-order valence-corrected chi connectivity index (χ0v) is 19.6. The quantitative estimate of drug-likeness (QED) is 0.628. The lowest BCUT2D eigenvalue weighted by atomic mass is 10.1. The second-order valence-corrected chi connectivity index (χ2v) is 9.61. The zero-order chi connectivity index (χ0) is 22.0. The second-order valence-electron chi connectivity index (χ2n) is 7.83. The van der Waals surface area contributed by atoms with Crippen molar-refractivity contribution in [3.8, 4) is 10.6 Å². The highest BCUT2D eigenvalue weighted by molar-refractivity contribution is 7.17. The van der Waals surface area contributed by atoms with Crippen molar-refractivity contribution in [3.63, 3.8) is 0 Å². The summed E-state index contributed by atoms with van der Waals surface area (Å²) in [6.07, 6.45) is 0.